The molecule has 0 aliphatic heterocycles. The highest BCUT2D eigenvalue weighted by molar-refractivity contribution is 7.89. The molecule has 0 unspecified atom stereocenters. The second kappa shape index (κ2) is 6.19. The third-order valence-corrected chi connectivity index (χ3v) is 4.25. The molecular formula is C13H10Cl2FNO3S. The molecule has 21 heavy (non-hydrogen) atoms. The van der Waals surface area contributed by atoms with Gasteiger partial charge in [-0.05, 0) is 23.8 Å². The Hall–Kier alpha value is -1.34. The van der Waals surface area contributed by atoms with Gasteiger partial charge in [-0.1, -0.05) is 35.3 Å². The van der Waals surface area contributed by atoms with Gasteiger partial charge >= 0.3 is 0 Å². The van der Waals surface area contributed by atoms with Gasteiger partial charge in [-0.2, -0.15) is 0 Å². The maximum absolute atomic E-state index is 13.0. The maximum atomic E-state index is 13.0. The molecule has 0 atom stereocenters. The minimum Gasteiger partial charge on any atom is -0.487 e. The van der Waals surface area contributed by atoms with Gasteiger partial charge in [-0.15, -0.1) is 0 Å². The molecule has 0 saturated carbocycles. The molecule has 0 radical (unpaired) electrons. The van der Waals surface area contributed by atoms with Gasteiger partial charge in [-0.3, -0.25) is 0 Å². The summed E-state index contributed by atoms with van der Waals surface area (Å²) in [5.74, 6) is -0.205. The SMILES string of the molecule is NS(=O)(=O)c1cc(Cl)c(OCc2cccc(F)c2)cc1Cl. The normalized spacial score (nSPS) is 11.4. The van der Waals surface area contributed by atoms with E-state index in [0.717, 1.165) is 6.07 Å². The monoisotopic (exact) mass is 349 g/mol. The molecule has 8 heteroatoms. The van der Waals surface area contributed by atoms with Crippen LogP contribution in [0.5, 0.6) is 5.75 Å². The zero-order valence-electron chi connectivity index (χ0n) is 10.5. The Kier molecular flexibility index (Phi) is 4.73. The van der Waals surface area contributed by atoms with Gasteiger partial charge in [0.1, 0.15) is 23.1 Å². The number of sulfonamides is 1. The number of halogens is 3. The van der Waals surface area contributed by atoms with Crippen molar-refractivity contribution in [1.82, 2.24) is 0 Å². The van der Waals surface area contributed by atoms with Gasteiger partial charge in [0, 0.05) is 6.07 Å². The van der Waals surface area contributed by atoms with Crippen molar-refractivity contribution in [2.75, 3.05) is 0 Å². The molecule has 0 aliphatic rings. The Labute approximate surface area is 131 Å². The van der Waals surface area contributed by atoms with Gasteiger partial charge in [0.25, 0.3) is 0 Å². The van der Waals surface area contributed by atoms with E-state index in [9.17, 15) is 12.8 Å². The van der Waals surface area contributed by atoms with Crippen LogP contribution in [0.2, 0.25) is 10.0 Å². The van der Waals surface area contributed by atoms with Crippen LogP contribution in [0.4, 0.5) is 4.39 Å². The van der Waals surface area contributed by atoms with E-state index < -0.39 is 10.0 Å². The van der Waals surface area contributed by atoms with Crippen LogP contribution in [0, 0.1) is 5.82 Å². The van der Waals surface area contributed by atoms with Gasteiger partial charge in [0.2, 0.25) is 10.0 Å². The molecule has 0 bridgehead atoms. The molecule has 0 amide bonds. The zero-order valence-corrected chi connectivity index (χ0v) is 12.8. The van der Waals surface area contributed by atoms with E-state index in [1.165, 1.54) is 18.2 Å². The van der Waals surface area contributed by atoms with Crippen LogP contribution in [0.3, 0.4) is 0 Å². The highest BCUT2D eigenvalue weighted by Crippen LogP contribution is 2.33. The number of benzene rings is 2. The lowest BCUT2D eigenvalue weighted by Crippen LogP contribution is -2.13. The molecule has 2 aromatic rings. The lowest BCUT2D eigenvalue weighted by atomic mass is 10.2. The van der Waals surface area contributed by atoms with Crippen molar-refractivity contribution >= 4 is 33.2 Å². The quantitative estimate of drug-likeness (QED) is 0.919. The Bertz CT molecular complexity index is 781. The molecular weight excluding hydrogens is 340 g/mol. The average molecular weight is 350 g/mol. The van der Waals surface area contributed by atoms with E-state index in [4.69, 9.17) is 33.1 Å². The first-order chi connectivity index (χ1) is 9.77. The van der Waals surface area contributed by atoms with E-state index in [2.05, 4.69) is 0 Å². The number of ether oxygens (including phenoxy) is 1. The molecule has 0 spiro atoms. The molecule has 0 aliphatic carbocycles. The maximum Gasteiger partial charge on any atom is 0.239 e. The van der Waals surface area contributed by atoms with E-state index in [1.54, 1.807) is 12.1 Å². The van der Waals surface area contributed by atoms with Crippen molar-refractivity contribution in [2.24, 2.45) is 5.14 Å². The van der Waals surface area contributed by atoms with Crippen LogP contribution in [0.25, 0.3) is 0 Å². The standard InChI is InChI=1S/C13H10Cl2FNO3S/c14-10-6-13(21(17,18)19)11(15)5-12(10)20-7-8-2-1-3-9(16)4-8/h1-6H,7H2,(H2,17,18,19). The Morgan fingerprint density at radius 1 is 1.14 bits per heavy atom. The average Bonchev–Trinajstić information content (AvgIpc) is 2.38. The summed E-state index contributed by atoms with van der Waals surface area (Å²) in [7, 11) is -3.97. The van der Waals surface area contributed by atoms with Gasteiger partial charge in [0.15, 0.2) is 0 Å². The first kappa shape index (κ1) is 16.0. The first-order valence-electron chi connectivity index (χ1n) is 5.66. The molecule has 2 aromatic carbocycles. The molecule has 0 fully saturated rings. The summed E-state index contributed by atoms with van der Waals surface area (Å²) in [6.07, 6.45) is 0. The third-order valence-electron chi connectivity index (χ3n) is 2.58. The molecule has 2 rings (SSSR count). The summed E-state index contributed by atoms with van der Waals surface area (Å²) in [4.78, 5) is -0.285. The predicted molar refractivity (Wildman–Crippen MR) is 78.6 cm³/mol. The minimum absolute atomic E-state index is 0.0415. The van der Waals surface area contributed by atoms with E-state index >= 15 is 0 Å². The Balaban J connectivity index is 2.24. The second-order valence-electron chi connectivity index (χ2n) is 4.18. The number of hydrogen-bond donors (Lipinski definition) is 1. The zero-order chi connectivity index (χ0) is 15.6. The van der Waals surface area contributed by atoms with Crippen molar-refractivity contribution in [2.45, 2.75) is 11.5 Å². The number of hydrogen-bond acceptors (Lipinski definition) is 3. The van der Waals surface area contributed by atoms with E-state index in [-0.39, 0.29) is 33.1 Å². The Morgan fingerprint density at radius 2 is 1.86 bits per heavy atom. The van der Waals surface area contributed by atoms with Crippen molar-refractivity contribution in [3.05, 3.63) is 57.8 Å². The fraction of sp³-hybridized carbons (Fsp3) is 0.0769. The third kappa shape index (κ3) is 4.07. The second-order valence-corrected chi connectivity index (χ2v) is 6.52. The Morgan fingerprint density at radius 3 is 2.48 bits per heavy atom. The van der Waals surface area contributed by atoms with Crippen LogP contribution < -0.4 is 9.88 Å². The fourth-order valence-corrected chi connectivity index (χ4v) is 3.00. The van der Waals surface area contributed by atoms with Gasteiger partial charge in [0.05, 0.1) is 10.0 Å². The summed E-state index contributed by atoms with van der Waals surface area (Å²) in [6, 6.07) is 8.22. The van der Waals surface area contributed by atoms with Crippen LogP contribution in [-0.4, -0.2) is 8.42 Å². The highest BCUT2D eigenvalue weighted by atomic mass is 35.5. The van der Waals surface area contributed by atoms with Crippen molar-refractivity contribution in [1.29, 1.82) is 0 Å². The van der Waals surface area contributed by atoms with Crippen molar-refractivity contribution in [3.8, 4) is 5.75 Å². The fourth-order valence-electron chi connectivity index (χ4n) is 1.63. The minimum atomic E-state index is -3.97. The summed E-state index contributed by atoms with van der Waals surface area (Å²) < 4.78 is 41.0. The number of nitrogens with two attached hydrogens (primary N) is 1. The van der Waals surface area contributed by atoms with Crippen molar-refractivity contribution < 1.29 is 17.5 Å². The molecule has 2 N–H and O–H groups in total. The largest absolute Gasteiger partial charge is 0.487 e. The highest BCUT2D eigenvalue weighted by Gasteiger charge is 2.17. The van der Waals surface area contributed by atoms with Gasteiger partial charge in [-0.25, -0.2) is 17.9 Å². The lowest BCUT2D eigenvalue weighted by molar-refractivity contribution is 0.305. The van der Waals surface area contributed by atoms with Crippen LogP contribution in [0.15, 0.2) is 41.3 Å². The lowest BCUT2D eigenvalue weighted by Gasteiger charge is -2.10. The number of rotatable bonds is 4. The van der Waals surface area contributed by atoms with Crippen LogP contribution >= 0.6 is 23.2 Å². The molecule has 112 valence electrons. The van der Waals surface area contributed by atoms with Gasteiger partial charge < -0.3 is 4.74 Å². The molecule has 0 aromatic heterocycles. The van der Waals surface area contributed by atoms with Crippen LogP contribution in [-0.2, 0) is 16.6 Å². The summed E-state index contributed by atoms with van der Waals surface area (Å²) in [6.45, 7) is 0.0581. The summed E-state index contributed by atoms with van der Waals surface area (Å²) in [5, 5.41) is 4.95. The van der Waals surface area contributed by atoms with Crippen LogP contribution in [0.1, 0.15) is 5.56 Å². The summed E-state index contributed by atoms with van der Waals surface area (Å²) in [5.41, 5.74) is 0.595. The molecule has 0 saturated heterocycles. The molecule has 4 nitrogen and oxygen atoms in total. The number of primary sulfonamides is 1. The smallest absolute Gasteiger partial charge is 0.239 e. The molecule has 0 heterocycles. The predicted octanol–water partition coefficient (Wildman–Crippen LogP) is 3.36. The van der Waals surface area contributed by atoms with E-state index in [0.29, 0.717) is 5.56 Å². The topological polar surface area (TPSA) is 69.4 Å². The van der Waals surface area contributed by atoms with E-state index in [1.807, 2.05) is 0 Å². The first-order valence-corrected chi connectivity index (χ1v) is 7.96. The van der Waals surface area contributed by atoms with Crippen molar-refractivity contribution in [3.63, 3.8) is 0 Å². The summed E-state index contributed by atoms with van der Waals surface area (Å²) >= 11 is 11.8.